The quantitative estimate of drug-likeness (QED) is 0.261. The van der Waals surface area contributed by atoms with E-state index in [1.807, 2.05) is 12.1 Å². The summed E-state index contributed by atoms with van der Waals surface area (Å²) in [4.78, 5) is 19.0. The van der Waals surface area contributed by atoms with Crippen LogP contribution in [0.5, 0.6) is 5.75 Å². The van der Waals surface area contributed by atoms with Gasteiger partial charge in [-0.05, 0) is 29.2 Å². The smallest absolute Gasteiger partial charge is 0.329 e. The summed E-state index contributed by atoms with van der Waals surface area (Å²) in [5, 5.41) is 11.2. The molecule has 0 atom stereocenters. The molecule has 0 radical (unpaired) electrons. The zero-order valence-corrected chi connectivity index (χ0v) is 19.6. The number of rotatable bonds is 12. The van der Waals surface area contributed by atoms with Crippen LogP contribution in [0.25, 0.3) is 0 Å². The fourth-order valence-electron chi connectivity index (χ4n) is 3.96. The van der Waals surface area contributed by atoms with Gasteiger partial charge < -0.3 is 14.9 Å². The van der Waals surface area contributed by atoms with Gasteiger partial charge in [-0.25, -0.2) is 0 Å². The van der Waals surface area contributed by atoms with E-state index in [0.717, 1.165) is 62.5 Å². The summed E-state index contributed by atoms with van der Waals surface area (Å²) in [6.07, 6.45) is 8.27. The van der Waals surface area contributed by atoms with Gasteiger partial charge in [0.2, 0.25) is 0 Å². The van der Waals surface area contributed by atoms with Crippen LogP contribution in [0.1, 0.15) is 110 Å². The van der Waals surface area contributed by atoms with E-state index in [1.54, 1.807) is 0 Å². The first-order chi connectivity index (χ1) is 12.8. The van der Waals surface area contributed by atoms with Crippen molar-refractivity contribution in [1.29, 1.82) is 0 Å². The van der Waals surface area contributed by atoms with Crippen LogP contribution in [-0.2, 0) is 21.6 Å². The predicted molar refractivity (Wildman–Crippen MR) is 118 cm³/mol. The van der Waals surface area contributed by atoms with Gasteiger partial charge >= 0.3 is 7.60 Å². The Kier molecular flexibility index (Phi) is 9.25. The summed E-state index contributed by atoms with van der Waals surface area (Å²) in [6.45, 7) is 12.8. The van der Waals surface area contributed by atoms with Crippen molar-refractivity contribution in [1.82, 2.24) is 0 Å². The van der Waals surface area contributed by atoms with E-state index < -0.39 is 7.60 Å². The van der Waals surface area contributed by atoms with Crippen molar-refractivity contribution >= 4 is 7.60 Å². The third-order valence-electron chi connectivity index (χ3n) is 5.83. The van der Waals surface area contributed by atoms with Crippen molar-refractivity contribution in [3.63, 3.8) is 0 Å². The largest absolute Gasteiger partial charge is 0.507 e. The van der Waals surface area contributed by atoms with Crippen LogP contribution in [0.3, 0.4) is 0 Å². The Morgan fingerprint density at radius 3 is 1.54 bits per heavy atom. The molecule has 1 rings (SSSR count). The lowest BCUT2D eigenvalue weighted by Crippen LogP contribution is -2.22. The molecular formula is C23H41O4P. The molecule has 0 aliphatic carbocycles. The normalized spacial score (nSPS) is 13.1. The van der Waals surface area contributed by atoms with E-state index in [-0.39, 0.29) is 17.0 Å². The van der Waals surface area contributed by atoms with Gasteiger partial charge in [0, 0.05) is 11.1 Å². The van der Waals surface area contributed by atoms with Crippen LogP contribution in [0.4, 0.5) is 0 Å². The average Bonchev–Trinajstić information content (AvgIpc) is 2.55. The second kappa shape index (κ2) is 10.3. The van der Waals surface area contributed by atoms with Crippen molar-refractivity contribution < 1.29 is 19.5 Å². The predicted octanol–water partition coefficient (Wildman–Crippen LogP) is 6.79. The summed E-state index contributed by atoms with van der Waals surface area (Å²) < 4.78 is 11.7. The second-order valence-corrected chi connectivity index (χ2v) is 11.2. The Hall–Kier alpha value is -0.830. The first-order valence-electron chi connectivity index (χ1n) is 10.8. The Morgan fingerprint density at radius 2 is 1.21 bits per heavy atom. The molecule has 0 aliphatic rings. The summed E-state index contributed by atoms with van der Waals surface area (Å²) in [6, 6.07) is 3.62. The number of phenols is 1. The van der Waals surface area contributed by atoms with Crippen molar-refractivity contribution in [3.05, 3.63) is 28.8 Å². The Bertz CT molecular complexity index is 630. The monoisotopic (exact) mass is 412 g/mol. The van der Waals surface area contributed by atoms with Crippen LogP contribution >= 0.6 is 7.60 Å². The number of hydrogen-bond donors (Lipinski definition) is 3. The molecule has 0 bridgehead atoms. The van der Waals surface area contributed by atoms with Crippen LogP contribution in [-0.4, -0.2) is 14.9 Å². The number of hydrogen-bond acceptors (Lipinski definition) is 2. The summed E-state index contributed by atoms with van der Waals surface area (Å²) in [5.74, 6) is 0.303. The highest BCUT2D eigenvalue weighted by molar-refractivity contribution is 7.50. The molecular weight excluding hydrogens is 371 g/mol. The van der Waals surface area contributed by atoms with Gasteiger partial charge in [-0.15, -0.1) is 0 Å². The lowest BCUT2D eigenvalue weighted by molar-refractivity contribution is 0.369. The highest BCUT2D eigenvalue weighted by atomic mass is 31.2. The van der Waals surface area contributed by atoms with Crippen molar-refractivity contribution in [2.24, 2.45) is 0 Å². The average molecular weight is 413 g/mol. The summed E-state index contributed by atoms with van der Waals surface area (Å²) in [5.41, 5.74) is 1.74. The maximum absolute atomic E-state index is 11.7. The molecule has 4 nitrogen and oxygen atoms in total. The molecule has 0 saturated heterocycles. The third-order valence-corrected chi connectivity index (χ3v) is 6.60. The van der Waals surface area contributed by atoms with Crippen LogP contribution in [0.2, 0.25) is 0 Å². The first kappa shape index (κ1) is 25.2. The molecule has 3 N–H and O–H groups in total. The van der Waals surface area contributed by atoms with E-state index in [0.29, 0.717) is 11.3 Å². The second-order valence-electron chi connectivity index (χ2n) is 9.54. The van der Waals surface area contributed by atoms with Gasteiger partial charge in [0.25, 0.3) is 0 Å². The number of phenolic OH excluding ortho intramolecular Hbond substituents is 1. The Labute approximate surface area is 171 Å². The molecule has 0 unspecified atom stereocenters. The summed E-state index contributed by atoms with van der Waals surface area (Å²) >= 11 is 0. The van der Waals surface area contributed by atoms with Gasteiger partial charge in [-0.1, -0.05) is 92.2 Å². The maximum atomic E-state index is 11.7. The molecule has 1 aromatic carbocycles. The highest BCUT2D eigenvalue weighted by Gasteiger charge is 2.31. The zero-order valence-electron chi connectivity index (χ0n) is 18.7. The number of benzene rings is 1. The van der Waals surface area contributed by atoms with Crippen LogP contribution in [0, 0.1) is 0 Å². The minimum Gasteiger partial charge on any atom is -0.507 e. The van der Waals surface area contributed by atoms with E-state index in [1.165, 1.54) is 0 Å². The molecule has 5 heteroatoms. The van der Waals surface area contributed by atoms with Crippen molar-refractivity contribution in [2.45, 2.75) is 110 Å². The highest BCUT2D eigenvalue weighted by Crippen LogP contribution is 2.46. The van der Waals surface area contributed by atoms with Gasteiger partial charge in [0.15, 0.2) is 0 Å². The molecule has 28 heavy (non-hydrogen) atoms. The zero-order chi connectivity index (χ0) is 21.6. The Morgan fingerprint density at radius 1 is 0.821 bits per heavy atom. The van der Waals surface area contributed by atoms with Crippen molar-refractivity contribution in [3.8, 4) is 5.75 Å². The van der Waals surface area contributed by atoms with Gasteiger partial charge in [0.05, 0.1) is 6.16 Å². The molecule has 0 aliphatic heterocycles. The van der Waals surface area contributed by atoms with E-state index in [9.17, 15) is 19.5 Å². The number of unbranched alkanes of at least 4 members (excludes halogenated alkanes) is 4. The topological polar surface area (TPSA) is 77.8 Å². The fraction of sp³-hybridized carbons (Fsp3) is 0.739. The summed E-state index contributed by atoms with van der Waals surface area (Å²) in [7, 11) is -4.18. The van der Waals surface area contributed by atoms with Gasteiger partial charge in [-0.2, -0.15) is 0 Å². The minimum atomic E-state index is -4.18. The molecule has 0 saturated carbocycles. The molecule has 1 aromatic rings. The first-order valence-corrected chi connectivity index (χ1v) is 12.5. The van der Waals surface area contributed by atoms with Crippen molar-refractivity contribution in [2.75, 3.05) is 0 Å². The van der Waals surface area contributed by atoms with E-state index in [4.69, 9.17) is 0 Å². The van der Waals surface area contributed by atoms with Crippen LogP contribution in [0.15, 0.2) is 12.1 Å². The molecule has 0 amide bonds. The third kappa shape index (κ3) is 7.54. The number of aromatic hydroxyl groups is 1. The van der Waals surface area contributed by atoms with Gasteiger partial charge in [-0.3, -0.25) is 4.57 Å². The molecule has 162 valence electrons. The van der Waals surface area contributed by atoms with E-state index >= 15 is 0 Å². The maximum Gasteiger partial charge on any atom is 0.329 e. The molecule has 0 spiro atoms. The SMILES string of the molecule is CCCCCC(C)(C)c1cc(CP(=O)(O)O)cc(C(C)(C)CCCCC)c1O. The molecule has 0 fully saturated rings. The van der Waals surface area contributed by atoms with Gasteiger partial charge in [0.1, 0.15) is 5.75 Å². The fourth-order valence-corrected chi connectivity index (χ4v) is 4.62. The Balaban J connectivity index is 3.41. The lowest BCUT2D eigenvalue weighted by Gasteiger charge is -2.33. The molecule has 0 heterocycles. The standard InChI is InChI=1S/C23H41O4P/c1-7-9-11-13-22(3,4)19-15-18(17-28(25,26)27)16-20(21(19)24)23(5,6)14-12-10-8-2/h15-16,24H,7-14,17H2,1-6H3,(H2,25,26,27). The van der Waals surface area contributed by atoms with Crippen LogP contribution < -0.4 is 0 Å². The lowest BCUT2D eigenvalue weighted by atomic mass is 9.73. The van der Waals surface area contributed by atoms with E-state index in [2.05, 4.69) is 41.5 Å². The minimum absolute atomic E-state index is 0.252. The molecule has 0 aromatic heterocycles.